The van der Waals surface area contributed by atoms with Crippen LogP contribution in [0.25, 0.3) is 6.08 Å². The Morgan fingerprint density at radius 3 is 2.60 bits per heavy atom. The van der Waals surface area contributed by atoms with Gasteiger partial charge < -0.3 is 9.64 Å². The van der Waals surface area contributed by atoms with Gasteiger partial charge in [0.1, 0.15) is 5.82 Å². The molecule has 1 amide bonds. The SMILES string of the molecule is CCN(C(=O)COC(=O)/C=C/c1cc(Br)ccc1F)c1ccccc1. The normalized spacial score (nSPS) is 10.7. The van der Waals surface area contributed by atoms with Gasteiger partial charge in [0, 0.05) is 28.3 Å². The van der Waals surface area contributed by atoms with E-state index in [1.165, 1.54) is 17.0 Å². The highest BCUT2D eigenvalue weighted by molar-refractivity contribution is 9.10. The van der Waals surface area contributed by atoms with Gasteiger partial charge in [-0.05, 0) is 43.3 Å². The first kappa shape index (κ1) is 18.9. The van der Waals surface area contributed by atoms with Gasteiger partial charge in [0.05, 0.1) is 0 Å². The van der Waals surface area contributed by atoms with Crippen LogP contribution in [0.2, 0.25) is 0 Å². The van der Waals surface area contributed by atoms with Crippen molar-refractivity contribution in [3.63, 3.8) is 0 Å². The molecule has 0 spiro atoms. The molecular formula is C19H17BrFNO3. The van der Waals surface area contributed by atoms with Crippen LogP contribution in [0.4, 0.5) is 10.1 Å². The van der Waals surface area contributed by atoms with Crippen molar-refractivity contribution in [2.45, 2.75) is 6.92 Å². The smallest absolute Gasteiger partial charge is 0.331 e. The summed E-state index contributed by atoms with van der Waals surface area (Å²) in [5.41, 5.74) is 0.981. The molecule has 0 aliphatic carbocycles. The van der Waals surface area contributed by atoms with Crippen molar-refractivity contribution in [2.24, 2.45) is 0 Å². The number of hydrogen-bond acceptors (Lipinski definition) is 3. The number of hydrogen-bond donors (Lipinski definition) is 0. The van der Waals surface area contributed by atoms with Crippen LogP contribution in [-0.2, 0) is 14.3 Å². The molecule has 0 atom stereocenters. The third-order valence-electron chi connectivity index (χ3n) is 3.38. The highest BCUT2D eigenvalue weighted by atomic mass is 79.9. The van der Waals surface area contributed by atoms with Crippen molar-refractivity contribution in [3.8, 4) is 0 Å². The van der Waals surface area contributed by atoms with E-state index in [0.29, 0.717) is 11.0 Å². The third-order valence-corrected chi connectivity index (χ3v) is 3.87. The van der Waals surface area contributed by atoms with Crippen molar-refractivity contribution in [2.75, 3.05) is 18.1 Å². The Kier molecular flexibility index (Phi) is 6.89. The molecule has 0 saturated carbocycles. The number of para-hydroxylation sites is 1. The maximum Gasteiger partial charge on any atom is 0.331 e. The minimum Gasteiger partial charge on any atom is -0.452 e. The number of rotatable bonds is 6. The van der Waals surface area contributed by atoms with Gasteiger partial charge in [0.25, 0.3) is 5.91 Å². The Balaban J connectivity index is 1.93. The summed E-state index contributed by atoms with van der Waals surface area (Å²) >= 11 is 3.23. The van der Waals surface area contributed by atoms with Crippen molar-refractivity contribution < 1.29 is 18.7 Å². The Labute approximate surface area is 154 Å². The molecule has 0 aliphatic rings. The van der Waals surface area contributed by atoms with E-state index in [2.05, 4.69) is 15.9 Å². The number of halogens is 2. The van der Waals surface area contributed by atoms with Gasteiger partial charge in [-0.2, -0.15) is 0 Å². The molecule has 2 rings (SSSR count). The minimum atomic E-state index is -0.711. The summed E-state index contributed by atoms with van der Waals surface area (Å²) in [4.78, 5) is 25.5. The standard InChI is InChI=1S/C19H17BrFNO3/c1-2-22(16-6-4-3-5-7-16)18(23)13-25-19(24)11-8-14-12-15(20)9-10-17(14)21/h3-12H,2,13H2,1H3/b11-8+. The van der Waals surface area contributed by atoms with Crippen molar-refractivity contribution >= 4 is 39.6 Å². The van der Waals surface area contributed by atoms with E-state index in [1.807, 2.05) is 25.1 Å². The van der Waals surface area contributed by atoms with Crippen molar-refractivity contribution in [1.82, 2.24) is 0 Å². The zero-order valence-corrected chi connectivity index (χ0v) is 15.2. The molecular weight excluding hydrogens is 389 g/mol. The van der Waals surface area contributed by atoms with Crippen LogP contribution in [-0.4, -0.2) is 25.0 Å². The summed E-state index contributed by atoms with van der Waals surface area (Å²) in [5, 5.41) is 0. The van der Waals surface area contributed by atoms with E-state index in [1.54, 1.807) is 24.3 Å². The first-order chi connectivity index (χ1) is 12.0. The molecule has 0 aromatic heterocycles. The van der Waals surface area contributed by atoms with E-state index in [9.17, 15) is 14.0 Å². The fourth-order valence-corrected chi connectivity index (χ4v) is 2.55. The molecule has 0 radical (unpaired) electrons. The molecule has 0 bridgehead atoms. The average Bonchev–Trinajstić information content (AvgIpc) is 2.62. The number of carbonyl (C=O) groups excluding carboxylic acids is 2. The fraction of sp³-hybridized carbons (Fsp3) is 0.158. The van der Waals surface area contributed by atoms with Crippen LogP contribution in [0.3, 0.4) is 0 Å². The lowest BCUT2D eigenvalue weighted by atomic mass is 10.2. The second-order valence-electron chi connectivity index (χ2n) is 5.08. The maximum atomic E-state index is 13.6. The summed E-state index contributed by atoms with van der Waals surface area (Å²) in [6.45, 7) is 1.91. The minimum absolute atomic E-state index is 0.247. The van der Waals surface area contributed by atoms with E-state index < -0.39 is 11.8 Å². The van der Waals surface area contributed by atoms with Gasteiger partial charge in [-0.3, -0.25) is 4.79 Å². The van der Waals surface area contributed by atoms with Gasteiger partial charge >= 0.3 is 5.97 Å². The van der Waals surface area contributed by atoms with Crippen molar-refractivity contribution in [3.05, 3.63) is 70.5 Å². The molecule has 0 heterocycles. The highest BCUT2D eigenvalue weighted by Gasteiger charge is 2.15. The summed E-state index contributed by atoms with van der Waals surface area (Å²) in [7, 11) is 0. The van der Waals surface area contributed by atoms with E-state index in [4.69, 9.17) is 4.74 Å². The second-order valence-corrected chi connectivity index (χ2v) is 6.00. The third kappa shape index (κ3) is 5.53. The number of anilines is 1. The van der Waals surface area contributed by atoms with Crippen LogP contribution >= 0.6 is 15.9 Å². The van der Waals surface area contributed by atoms with E-state index in [-0.39, 0.29) is 18.1 Å². The Bertz CT molecular complexity index is 777. The molecule has 6 heteroatoms. The summed E-state index contributed by atoms with van der Waals surface area (Å²) in [6.07, 6.45) is 2.40. The molecule has 0 unspecified atom stereocenters. The first-order valence-corrected chi connectivity index (χ1v) is 8.46. The zero-order valence-electron chi connectivity index (χ0n) is 13.6. The molecule has 4 nitrogen and oxygen atoms in total. The monoisotopic (exact) mass is 405 g/mol. The summed E-state index contributed by atoms with van der Waals surface area (Å²) < 4.78 is 19.2. The molecule has 0 fully saturated rings. The number of esters is 1. The Morgan fingerprint density at radius 2 is 1.92 bits per heavy atom. The Hall–Kier alpha value is -2.47. The van der Waals surface area contributed by atoms with Crippen LogP contribution in [0.5, 0.6) is 0 Å². The summed E-state index contributed by atoms with van der Waals surface area (Å²) in [6, 6.07) is 13.5. The molecule has 0 saturated heterocycles. The molecule has 25 heavy (non-hydrogen) atoms. The lowest BCUT2D eigenvalue weighted by Gasteiger charge is -2.20. The topological polar surface area (TPSA) is 46.6 Å². The second kappa shape index (κ2) is 9.13. The lowest BCUT2D eigenvalue weighted by molar-refractivity contribution is -0.142. The van der Waals surface area contributed by atoms with Crippen LogP contribution in [0.15, 0.2) is 59.1 Å². The molecule has 2 aromatic carbocycles. The van der Waals surface area contributed by atoms with Gasteiger partial charge in [0.15, 0.2) is 6.61 Å². The van der Waals surface area contributed by atoms with Crippen molar-refractivity contribution in [1.29, 1.82) is 0 Å². The number of likely N-dealkylation sites (N-methyl/N-ethyl adjacent to an activating group) is 1. The first-order valence-electron chi connectivity index (χ1n) is 7.66. The number of amides is 1. The van der Waals surface area contributed by atoms with Gasteiger partial charge in [0.2, 0.25) is 0 Å². The highest BCUT2D eigenvalue weighted by Crippen LogP contribution is 2.17. The fourth-order valence-electron chi connectivity index (χ4n) is 2.17. The van der Waals surface area contributed by atoms with Gasteiger partial charge in [-0.15, -0.1) is 0 Å². The molecule has 2 aromatic rings. The maximum absolute atomic E-state index is 13.6. The van der Waals surface area contributed by atoms with Crippen LogP contribution in [0, 0.1) is 5.82 Å². The average molecular weight is 406 g/mol. The lowest BCUT2D eigenvalue weighted by Crippen LogP contribution is -2.34. The predicted octanol–water partition coefficient (Wildman–Crippen LogP) is 4.20. The molecule has 0 N–H and O–H groups in total. The number of ether oxygens (including phenoxy) is 1. The van der Waals surface area contributed by atoms with Crippen LogP contribution < -0.4 is 4.90 Å². The van der Waals surface area contributed by atoms with Crippen LogP contribution in [0.1, 0.15) is 12.5 Å². The summed E-state index contributed by atoms with van der Waals surface area (Å²) in [5.74, 6) is -1.49. The van der Waals surface area contributed by atoms with Gasteiger partial charge in [-0.25, -0.2) is 9.18 Å². The number of benzene rings is 2. The largest absolute Gasteiger partial charge is 0.452 e. The predicted molar refractivity (Wildman–Crippen MR) is 98.6 cm³/mol. The van der Waals surface area contributed by atoms with E-state index in [0.717, 1.165) is 11.8 Å². The van der Waals surface area contributed by atoms with E-state index >= 15 is 0 Å². The quantitative estimate of drug-likeness (QED) is 0.534. The number of nitrogens with zero attached hydrogens (tertiary/aromatic N) is 1. The van der Waals surface area contributed by atoms with Gasteiger partial charge in [-0.1, -0.05) is 34.1 Å². The zero-order chi connectivity index (χ0) is 18.2. The molecule has 130 valence electrons. The molecule has 0 aliphatic heterocycles. The Morgan fingerprint density at radius 1 is 1.20 bits per heavy atom. The number of carbonyl (C=O) groups is 2.